The van der Waals surface area contributed by atoms with Crippen LogP contribution in [0.4, 0.5) is 4.39 Å². The van der Waals surface area contributed by atoms with Gasteiger partial charge >= 0.3 is 0 Å². The van der Waals surface area contributed by atoms with Crippen LogP contribution in [0.25, 0.3) is 0 Å². The van der Waals surface area contributed by atoms with Crippen LogP contribution in [0.5, 0.6) is 0 Å². The molecule has 0 bridgehead atoms. The number of nitrogens with zero attached hydrogens (tertiary/aromatic N) is 1. The largest absolute Gasteiger partial charge is 1.00 e. The fourth-order valence-corrected chi connectivity index (χ4v) is 1.63. The van der Waals surface area contributed by atoms with Crippen LogP contribution in [-0.4, -0.2) is 23.9 Å². The Kier molecular flexibility index (Phi) is 4.08. The van der Waals surface area contributed by atoms with Crippen molar-refractivity contribution < 1.29 is 21.4 Å². The van der Waals surface area contributed by atoms with Gasteiger partial charge in [-0.15, -0.1) is 0 Å². The molecule has 1 aromatic carbocycles. The number of benzene rings is 1. The summed E-state index contributed by atoms with van der Waals surface area (Å²) >= 11 is 0. The zero-order valence-electron chi connectivity index (χ0n) is 7.92. The van der Waals surface area contributed by atoms with Crippen LogP contribution in [0.3, 0.4) is 0 Å². The van der Waals surface area contributed by atoms with E-state index >= 15 is 0 Å². The van der Waals surface area contributed by atoms with Crippen LogP contribution >= 0.6 is 0 Å². The molecular weight excluding hydrogens is 201 g/mol. The Morgan fingerprint density at radius 1 is 1.07 bits per heavy atom. The molecule has 0 amide bonds. The third-order valence-corrected chi connectivity index (χ3v) is 2.34. The van der Waals surface area contributed by atoms with Crippen molar-refractivity contribution in [1.29, 1.82) is 0 Å². The van der Waals surface area contributed by atoms with Gasteiger partial charge in [-0.2, -0.15) is 0 Å². The van der Waals surface area contributed by atoms with Gasteiger partial charge in [-0.1, -0.05) is 0 Å². The van der Waals surface area contributed by atoms with Gasteiger partial charge in [-0.05, 0) is 24.3 Å². The second-order valence-electron chi connectivity index (χ2n) is 3.42. The van der Waals surface area contributed by atoms with Gasteiger partial charge in [-0.3, -0.25) is 0 Å². The SMILES string of the molecule is Fc1ccc(C=[N+]2CCCC2)cc1.[Cl-]. The number of halogens is 2. The van der Waals surface area contributed by atoms with E-state index < -0.39 is 0 Å². The normalized spacial score (nSPS) is 15.1. The molecule has 1 nitrogen and oxygen atoms in total. The minimum absolute atomic E-state index is 0. The van der Waals surface area contributed by atoms with E-state index in [-0.39, 0.29) is 18.2 Å². The fraction of sp³-hybridized carbons (Fsp3) is 0.364. The maximum absolute atomic E-state index is 12.6. The van der Waals surface area contributed by atoms with Gasteiger partial charge in [0.2, 0.25) is 0 Å². The molecule has 1 saturated heterocycles. The van der Waals surface area contributed by atoms with Crippen molar-refractivity contribution in [3.63, 3.8) is 0 Å². The first kappa shape index (κ1) is 11.2. The lowest BCUT2D eigenvalue weighted by atomic mass is 10.2. The summed E-state index contributed by atoms with van der Waals surface area (Å²) in [4.78, 5) is 0. The average Bonchev–Trinajstić information content (AvgIpc) is 2.62. The molecular formula is C11H13ClFN. The van der Waals surface area contributed by atoms with Crippen molar-refractivity contribution in [2.45, 2.75) is 12.8 Å². The monoisotopic (exact) mass is 213 g/mol. The molecule has 0 N–H and O–H groups in total. The first-order chi connectivity index (χ1) is 6.34. The molecule has 76 valence electrons. The van der Waals surface area contributed by atoms with Gasteiger partial charge in [0.1, 0.15) is 18.9 Å². The Morgan fingerprint density at radius 2 is 1.64 bits per heavy atom. The molecule has 14 heavy (non-hydrogen) atoms. The maximum Gasteiger partial charge on any atom is 0.170 e. The van der Waals surface area contributed by atoms with Crippen LogP contribution in [0, 0.1) is 5.82 Å². The van der Waals surface area contributed by atoms with Crippen molar-refractivity contribution in [1.82, 2.24) is 0 Å². The van der Waals surface area contributed by atoms with Gasteiger partial charge in [0.05, 0.1) is 0 Å². The molecule has 1 aliphatic rings. The summed E-state index contributed by atoms with van der Waals surface area (Å²) in [5.41, 5.74) is 1.09. The predicted molar refractivity (Wildman–Crippen MR) is 50.8 cm³/mol. The van der Waals surface area contributed by atoms with E-state index in [4.69, 9.17) is 0 Å². The molecule has 0 aliphatic carbocycles. The summed E-state index contributed by atoms with van der Waals surface area (Å²) in [6, 6.07) is 6.63. The second-order valence-corrected chi connectivity index (χ2v) is 3.42. The van der Waals surface area contributed by atoms with Gasteiger partial charge in [0.25, 0.3) is 0 Å². The molecule has 0 aromatic heterocycles. The topological polar surface area (TPSA) is 3.01 Å². The second kappa shape index (κ2) is 5.11. The number of hydrogen-bond donors (Lipinski definition) is 0. The highest BCUT2D eigenvalue weighted by Crippen LogP contribution is 2.04. The fourth-order valence-electron chi connectivity index (χ4n) is 1.63. The van der Waals surface area contributed by atoms with E-state index in [0.717, 1.165) is 18.7 Å². The van der Waals surface area contributed by atoms with Crippen LogP contribution in [-0.2, 0) is 0 Å². The van der Waals surface area contributed by atoms with E-state index in [1.165, 1.54) is 25.0 Å². The van der Waals surface area contributed by atoms with Crippen molar-refractivity contribution in [2.75, 3.05) is 13.1 Å². The maximum atomic E-state index is 12.6. The first-order valence-electron chi connectivity index (χ1n) is 4.69. The Hall–Kier alpha value is -0.890. The quantitative estimate of drug-likeness (QED) is 0.530. The van der Waals surface area contributed by atoms with Gasteiger partial charge in [0, 0.05) is 18.4 Å². The highest BCUT2D eigenvalue weighted by atomic mass is 35.5. The van der Waals surface area contributed by atoms with E-state index in [1.54, 1.807) is 0 Å². The zero-order chi connectivity index (χ0) is 9.10. The minimum Gasteiger partial charge on any atom is -1.00 e. The highest BCUT2D eigenvalue weighted by Gasteiger charge is 2.11. The summed E-state index contributed by atoms with van der Waals surface area (Å²) in [6.07, 6.45) is 4.65. The summed E-state index contributed by atoms with van der Waals surface area (Å²) in [5.74, 6) is -0.168. The molecule has 2 rings (SSSR count). The molecule has 1 aromatic rings. The minimum atomic E-state index is -0.168. The van der Waals surface area contributed by atoms with Crippen LogP contribution < -0.4 is 12.4 Å². The van der Waals surface area contributed by atoms with E-state index in [2.05, 4.69) is 10.8 Å². The van der Waals surface area contributed by atoms with Crippen LogP contribution in [0.2, 0.25) is 0 Å². The first-order valence-corrected chi connectivity index (χ1v) is 4.69. The molecule has 0 atom stereocenters. The van der Waals surface area contributed by atoms with Crippen molar-refractivity contribution in [3.8, 4) is 0 Å². The molecule has 0 spiro atoms. The Morgan fingerprint density at radius 3 is 2.21 bits per heavy atom. The van der Waals surface area contributed by atoms with Gasteiger partial charge < -0.3 is 12.4 Å². The Balaban J connectivity index is 0.000000980. The molecule has 1 fully saturated rings. The Labute approximate surface area is 89.7 Å². The Bertz CT molecular complexity index is 311. The van der Waals surface area contributed by atoms with E-state index in [1.807, 2.05) is 12.1 Å². The standard InChI is InChI=1S/C11H13FN.ClH/c12-11-5-3-10(4-6-11)9-13-7-1-2-8-13;/h3-6,9H,1-2,7-8H2;1H/q+1;/p-1. The van der Waals surface area contributed by atoms with Crippen LogP contribution in [0.1, 0.15) is 18.4 Å². The lowest BCUT2D eigenvalue weighted by Crippen LogP contribution is -3.00. The molecule has 3 heteroatoms. The number of rotatable bonds is 1. The molecule has 0 radical (unpaired) electrons. The van der Waals surface area contributed by atoms with Crippen molar-refractivity contribution in [3.05, 3.63) is 35.6 Å². The molecule has 1 heterocycles. The lowest BCUT2D eigenvalue weighted by Gasteiger charge is -1.93. The van der Waals surface area contributed by atoms with Crippen LogP contribution in [0.15, 0.2) is 24.3 Å². The summed E-state index contributed by atoms with van der Waals surface area (Å²) in [5, 5.41) is 0. The summed E-state index contributed by atoms with van der Waals surface area (Å²) in [7, 11) is 0. The van der Waals surface area contributed by atoms with E-state index in [9.17, 15) is 4.39 Å². The third-order valence-electron chi connectivity index (χ3n) is 2.34. The highest BCUT2D eigenvalue weighted by molar-refractivity contribution is 5.75. The van der Waals surface area contributed by atoms with Gasteiger partial charge in [0.15, 0.2) is 6.21 Å². The molecule has 0 unspecified atom stereocenters. The van der Waals surface area contributed by atoms with Crippen molar-refractivity contribution >= 4 is 6.21 Å². The van der Waals surface area contributed by atoms with E-state index in [0.29, 0.717) is 0 Å². The predicted octanol–water partition coefficient (Wildman–Crippen LogP) is -0.945. The summed E-state index contributed by atoms with van der Waals surface area (Å²) in [6.45, 7) is 2.27. The average molecular weight is 214 g/mol. The lowest BCUT2D eigenvalue weighted by molar-refractivity contribution is -0.500. The summed E-state index contributed by atoms with van der Waals surface area (Å²) < 4.78 is 14.9. The number of hydrogen-bond acceptors (Lipinski definition) is 0. The molecule has 0 saturated carbocycles. The molecule has 1 aliphatic heterocycles. The van der Waals surface area contributed by atoms with Gasteiger partial charge in [-0.25, -0.2) is 8.97 Å². The third kappa shape index (κ3) is 2.81. The smallest absolute Gasteiger partial charge is 0.170 e. The zero-order valence-corrected chi connectivity index (χ0v) is 8.67. The van der Waals surface area contributed by atoms with Crippen molar-refractivity contribution in [2.24, 2.45) is 0 Å².